The van der Waals surface area contributed by atoms with E-state index in [2.05, 4.69) is 10.3 Å². The molecular formula is C17H18FN3S. The molecule has 0 atom stereocenters. The first kappa shape index (κ1) is 14.9. The second-order valence-electron chi connectivity index (χ2n) is 5.32. The van der Waals surface area contributed by atoms with Crippen molar-refractivity contribution in [2.45, 2.75) is 35.2 Å². The van der Waals surface area contributed by atoms with Crippen LogP contribution in [-0.2, 0) is 6.54 Å². The van der Waals surface area contributed by atoms with Crippen LogP contribution in [0.2, 0.25) is 0 Å². The highest BCUT2D eigenvalue weighted by Gasteiger charge is 2.21. The van der Waals surface area contributed by atoms with Crippen LogP contribution in [0.25, 0.3) is 0 Å². The van der Waals surface area contributed by atoms with Crippen LogP contribution in [0.4, 0.5) is 4.39 Å². The topological polar surface area (TPSA) is 50.4 Å². The molecule has 3 rings (SSSR count). The lowest BCUT2D eigenvalue weighted by atomic mass is 10.2. The van der Waals surface area contributed by atoms with Gasteiger partial charge in [-0.1, -0.05) is 23.9 Å². The molecule has 2 aromatic rings. The van der Waals surface area contributed by atoms with Crippen molar-refractivity contribution in [2.75, 3.05) is 0 Å². The number of hydrogen-bond donors (Lipinski definition) is 2. The van der Waals surface area contributed by atoms with Gasteiger partial charge in [0.05, 0.1) is 6.54 Å². The smallest absolute Gasteiger partial charge is 0.189 e. The fourth-order valence-corrected chi connectivity index (χ4v) is 2.78. The minimum absolute atomic E-state index is 0.213. The van der Waals surface area contributed by atoms with E-state index in [4.69, 9.17) is 5.73 Å². The zero-order valence-electron chi connectivity index (χ0n) is 12.1. The van der Waals surface area contributed by atoms with Gasteiger partial charge in [0, 0.05) is 15.8 Å². The third-order valence-corrected chi connectivity index (χ3v) is 4.35. The third kappa shape index (κ3) is 4.49. The van der Waals surface area contributed by atoms with Crippen molar-refractivity contribution in [3.8, 4) is 0 Å². The number of guanidine groups is 1. The number of nitrogens with two attached hydrogens (primary N) is 1. The first-order valence-electron chi connectivity index (χ1n) is 7.28. The first-order valence-corrected chi connectivity index (χ1v) is 8.09. The van der Waals surface area contributed by atoms with Gasteiger partial charge < -0.3 is 11.1 Å². The van der Waals surface area contributed by atoms with Gasteiger partial charge in [-0.3, -0.25) is 0 Å². The average Bonchev–Trinajstić information content (AvgIpc) is 3.33. The normalized spacial score (nSPS) is 14.9. The molecule has 0 unspecified atom stereocenters. The number of rotatable bonds is 5. The van der Waals surface area contributed by atoms with Gasteiger partial charge in [-0.05, 0) is 54.8 Å². The monoisotopic (exact) mass is 315 g/mol. The van der Waals surface area contributed by atoms with Crippen molar-refractivity contribution in [2.24, 2.45) is 10.7 Å². The molecule has 3 nitrogen and oxygen atoms in total. The summed E-state index contributed by atoms with van der Waals surface area (Å²) < 4.78 is 12.9. The van der Waals surface area contributed by atoms with Crippen LogP contribution in [0, 0.1) is 5.82 Å². The van der Waals surface area contributed by atoms with E-state index in [0.717, 1.165) is 15.4 Å². The van der Waals surface area contributed by atoms with E-state index in [1.165, 1.54) is 25.0 Å². The van der Waals surface area contributed by atoms with Crippen LogP contribution in [0.5, 0.6) is 0 Å². The summed E-state index contributed by atoms with van der Waals surface area (Å²) in [4.78, 5) is 6.47. The molecule has 2 aromatic carbocycles. The molecule has 0 radical (unpaired) electrons. The zero-order valence-corrected chi connectivity index (χ0v) is 12.9. The molecule has 0 aliphatic heterocycles. The van der Waals surface area contributed by atoms with Crippen LogP contribution in [0.15, 0.2) is 63.3 Å². The fraction of sp³-hybridized carbons (Fsp3) is 0.235. The van der Waals surface area contributed by atoms with Crippen molar-refractivity contribution in [3.63, 3.8) is 0 Å². The number of aliphatic imine (C=N–C) groups is 1. The predicted octanol–water partition coefficient (Wildman–Crippen LogP) is 3.54. The molecule has 0 aromatic heterocycles. The predicted molar refractivity (Wildman–Crippen MR) is 88.4 cm³/mol. The van der Waals surface area contributed by atoms with Crippen LogP contribution in [0.3, 0.4) is 0 Å². The molecule has 0 bridgehead atoms. The summed E-state index contributed by atoms with van der Waals surface area (Å²) in [5.74, 6) is 0.308. The van der Waals surface area contributed by atoms with E-state index >= 15 is 0 Å². The quantitative estimate of drug-likeness (QED) is 0.655. The van der Waals surface area contributed by atoms with Gasteiger partial charge in [-0.15, -0.1) is 0 Å². The summed E-state index contributed by atoms with van der Waals surface area (Å²) in [7, 11) is 0. The number of halogens is 1. The second-order valence-corrected chi connectivity index (χ2v) is 6.47. The van der Waals surface area contributed by atoms with E-state index in [-0.39, 0.29) is 5.82 Å². The van der Waals surface area contributed by atoms with E-state index < -0.39 is 0 Å². The van der Waals surface area contributed by atoms with Gasteiger partial charge in [0.2, 0.25) is 0 Å². The lowest BCUT2D eigenvalue weighted by molar-refractivity contribution is 0.626. The molecule has 5 heteroatoms. The van der Waals surface area contributed by atoms with E-state index in [1.54, 1.807) is 23.9 Å². The number of benzene rings is 2. The van der Waals surface area contributed by atoms with Crippen LogP contribution < -0.4 is 11.1 Å². The molecule has 1 saturated carbocycles. The highest BCUT2D eigenvalue weighted by atomic mass is 32.2. The van der Waals surface area contributed by atoms with Crippen LogP contribution >= 0.6 is 11.8 Å². The summed E-state index contributed by atoms with van der Waals surface area (Å²) in [6, 6.07) is 15.2. The Balaban J connectivity index is 1.56. The Bertz CT molecular complexity index is 649. The van der Waals surface area contributed by atoms with Crippen molar-refractivity contribution in [1.82, 2.24) is 5.32 Å². The molecule has 1 aliphatic carbocycles. The minimum atomic E-state index is -0.213. The van der Waals surface area contributed by atoms with Gasteiger partial charge in [0.15, 0.2) is 5.96 Å². The molecular weight excluding hydrogens is 297 g/mol. The summed E-state index contributed by atoms with van der Waals surface area (Å²) in [6.07, 6.45) is 2.37. The first-order chi connectivity index (χ1) is 10.7. The Hall–Kier alpha value is -2.01. The zero-order chi connectivity index (χ0) is 15.4. The molecule has 0 amide bonds. The molecule has 0 saturated heterocycles. The summed E-state index contributed by atoms with van der Waals surface area (Å²) in [5, 5.41) is 3.17. The van der Waals surface area contributed by atoms with Crippen molar-refractivity contribution in [1.29, 1.82) is 0 Å². The highest BCUT2D eigenvalue weighted by Crippen LogP contribution is 2.27. The van der Waals surface area contributed by atoms with Gasteiger partial charge >= 0.3 is 0 Å². The second kappa shape index (κ2) is 6.83. The molecule has 1 aliphatic rings. The Kier molecular flexibility index (Phi) is 4.63. The van der Waals surface area contributed by atoms with Crippen molar-refractivity contribution < 1.29 is 4.39 Å². The standard InChI is InChI=1S/C17H18FN3S/c18-13-3-9-16(10-4-13)22-15-7-1-12(2-8-15)11-20-17(19)21-14-5-6-14/h1-4,7-10,14H,5-6,11H2,(H3,19,20,21). The molecule has 22 heavy (non-hydrogen) atoms. The van der Waals surface area contributed by atoms with Gasteiger partial charge in [0.1, 0.15) is 5.82 Å². The van der Waals surface area contributed by atoms with Gasteiger partial charge in [-0.25, -0.2) is 9.38 Å². The molecule has 0 spiro atoms. The Morgan fingerprint density at radius 2 is 1.68 bits per heavy atom. The summed E-state index contributed by atoms with van der Waals surface area (Å²) in [5.41, 5.74) is 6.93. The van der Waals surface area contributed by atoms with E-state index in [1.807, 2.05) is 24.3 Å². The van der Waals surface area contributed by atoms with Crippen LogP contribution in [0.1, 0.15) is 18.4 Å². The lowest BCUT2D eigenvalue weighted by Crippen LogP contribution is -2.33. The van der Waals surface area contributed by atoms with E-state index in [9.17, 15) is 4.39 Å². The maximum atomic E-state index is 12.9. The van der Waals surface area contributed by atoms with Crippen LogP contribution in [-0.4, -0.2) is 12.0 Å². The average molecular weight is 315 g/mol. The Labute approximate surface area is 133 Å². The molecule has 1 fully saturated rings. The number of nitrogens with zero attached hydrogens (tertiary/aromatic N) is 1. The number of nitrogens with one attached hydrogen (secondary N) is 1. The van der Waals surface area contributed by atoms with Gasteiger partial charge in [0.25, 0.3) is 0 Å². The minimum Gasteiger partial charge on any atom is -0.370 e. The summed E-state index contributed by atoms with van der Waals surface area (Å²) in [6.45, 7) is 0.576. The maximum Gasteiger partial charge on any atom is 0.189 e. The SMILES string of the molecule is NC(=NCc1ccc(Sc2ccc(F)cc2)cc1)NC1CC1. The number of hydrogen-bond acceptors (Lipinski definition) is 2. The Morgan fingerprint density at radius 1 is 1.09 bits per heavy atom. The summed E-state index contributed by atoms with van der Waals surface area (Å²) >= 11 is 1.61. The van der Waals surface area contributed by atoms with Gasteiger partial charge in [-0.2, -0.15) is 0 Å². The Morgan fingerprint density at radius 3 is 2.27 bits per heavy atom. The highest BCUT2D eigenvalue weighted by molar-refractivity contribution is 7.99. The molecule has 114 valence electrons. The van der Waals surface area contributed by atoms with Crippen molar-refractivity contribution in [3.05, 3.63) is 59.9 Å². The van der Waals surface area contributed by atoms with E-state index in [0.29, 0.717) is 18.5 Å². The lowest BCUT2D eigenvalue weighted by Gasteiger charge is -2.05. The fourth-order valence-electron chi connectivity index (χ4n) is 1.96. The maximum absolute atomic E-state index is 12.9. The molecule has 0 heterocycles. The van der Waals surface area contributed by atoms with Crippen molar-refractivity contribution >= 4 is 17.7 Å². The largest absolute Gasteiger partial charge is 0.370 e. The third-order valence-electron chi connectivity index (χ3n) is 3.33. The molecule has 3 N–H and O–H groups in total.